The Kier molecular flexibility index (Phi) is 3.05. The van der Waals surface area contributed by atoms with Crippen molar-refractivity contribution in [1.82, 2.24) is 0 Å². The van der Waals surface area contributed by atoms with Gasteiger partial charge < -0.3 is 15.9 Å². The molecule has 0 saturated heterocycles. The molecule has 2 rings (SSSR count). The number of phenols is 1. The van der Waals surface area contributed by atoms with Crippen LogP contribution in [0.3, 0.4) is 0 Å². The van der Waals surface area contributed by atoms with E-state index >= 15 is 0 Å². The number of anilines is 3. The molecule has 1 amide bonds. The topological polar surface area (TPSA) is 86.8 Å². The number of nitrogens with two attached hydrogens (primary N) is 1. The Balaban J connectivity index is 2.43. The van der Waals surface area contributed by atoms with E-state index in [1.54, 1.807) is 24.3 Å². The fourth-order valence-electron chi connectivity index (χ4n) is 1.60. The lowest BCUT2D eigenvalue weighted by Gasteiger charge is -2.19. The average Bonchev–Trinajstić information content (AvgIpc) is 2.34. The van der Waals surface area contributed by atoms with Crippen LogP contribution in [0.1, 0.15) is 0 Å². The summed E-state index contributed by atoms with van der Waals surface area (Å²) in [5.74, 6) is 0.0846. The minimum atomic E-state index is -1.11. The lowest BCUT2D eigenvalue weighted by molar-refractivity contribution is 0.205. The van der Waals surface area contributed by atoms with Crippen molar-refractivity contribution in [3.05, 3.63) is 48.5 Å². The largest absolute Gasteiger partial charge is 0.508 e. The van der Waals surface area contributed by atoms with Crippen LogP contribution in [-0.4, -0.2) is 16.3 Å². The summed E-state index contributed by atoms with van der Waals surface area (Å²) < 4.78 is 0. The van der Waals surface area contributed by atoms with Crippen molar-refractivity contribution >= 4 is 23.2 Å². The fourth-order valence-corrected chi connectivity index (χ4v) is 1.60. The van der Waals surface area contributed by atoms with Crippen LogP contribution in [0.2, 0.25) is 0 Å². The van der Waals surface area contributed by atoms with Gasteiger partial charge in [0.05, 0.1) is 11.4 Å². The van der Waals surface area contributed by atoms with Crippen molar-refractivity contribution < 1.29 is 15.0 Å². The van der Waals surface area contributed by atoms with Gasteiger partial charge in [0.2, 0.25) is 0 Å². The maximum atomic E-state index is 11.3. The highest BCUT2D eigenvalue weighted by Crippen LogP contribution is 2.27. The summed E-state index contributed by atoms with van der Waals surface area (Å²) in [7, 11) is 0. The number of benzene rings is 2. The van der Waals surface area contributed by atoms with Gasteiger partial charge in [-0.05, 0) is 48.5 Å². The van der Waals surface area contributed by atoms with Crippen LogP contribution in [0.15, 0.2) is 48.5 Å². The maximum Gasteiger partial charge on any atom is 0.416 e. The second-order valence-corrected chi connectivity index (χ2v) is 3.73. The van der Waals surface area contributed by atoms with E-state index in [1.807, 2.05) is 0 Å². The van der Waals surface area contributed by atoms with Gasteiger partial charge in [-0.2, -0.15) is 0 Å². The molecule has 0 saturated carbocycles. The highest BCUT2D eigenvalue weighted by atomic mass is 16.4. The molecule has 18 heavy (non-hydrogen) atoms. The first kappa shape index (κ1) is 11.8. The quantitative estimate of drug-likeness (QED) is 0.709. The minimum Gasteiger partial charge on any atom is -0.508 e. The normalized spacial score (nSPS) is 10.0. The SMILES string of the molecule is Nc1ccc(N(C(=O)O)c2ccc(O)cc2)cc1. The average molecular weight is 244 g/mol. The lowest BCUT2D eigenvalue weighted by atomic mass is 10.2. The predicted molar refractivity (Wildman–Crippen MR) is 69.1 cm³/mol. The third-order valence-electron chi connectivity index (χ3n) is 2.45. The molecule has 0 spiro atoms. The molecule has 0 aliphatic carbocycles. The number of carboxylic acid groups (broad SMARTS) is 1. The lowest BCUT2D eigenvalue weighted by Crippen LogP contribution is -2.23. The van der Waals surface area contributed by atoms with Gasteiger partial charge in [0.15, 0.2) is 0 Å². The summed E-state index contributed by atoms with van der Waals surface area (Å²) in [5.41, 5.74) is 7.06. The Bertz CT molecular complexity index is 504. The van der Waals surface area contributed by atoms with E-state index in [0.717, 1.165) is 4.90 Å². The van der Waals surface area contributed by atoms with Gasteiger partial charge in [-0.15, -0.1) is 0 Å². The van der Waals surface area contributed by atoms with Crippen molar-refractivity contribution in [2.45, 2.75) is 0 Å². The minimum absolute atomic E-state index is 0.0846. The Hall–Kier alpha value is -2.69. The number of amides is 1. The molecule has 92 valence electrons. The Morgan fingerprint density at radius 2 is 1.39 bits per heavy atom. The molecule has 0 radical (unpaired) electrons. The highest BCUT2D eigenvalue weighted by molar-refractivity contribution is 5.94. The van der Waals surface area contributed by atoms with Gasteiger partial charge in [-0.3, -0.25) is 0 Å². The van der Waals surface area contributed by atoms with Crippen LogP contribution in [-0.2, 0) is 0 Å². The Morgan fingerprint density at radius 1 is 0.944 bits per heavy atom. The molecule has 2 aromatic carbocycles. The molecule has 0 unspecified atom stereocenters. The molecule has 0 bridgehead atoms. The number of aromatic hydroxyl groups is 1. The first-order valence-electron chi connectivity index (χ1n) is 5.25. The molecule has 4 N–H and O–H groups in total. The first-order chi connectivity index (χ1) is 8.58. The molecule has 0 aromatic heterocycles. The molecule has 0 heterocycles. The van der Waals surface area contributed by atoms with E-state index in [-0.39, 0.29) is 5.75 Å². The standard InChI is InChI=1S/C13H12N2O3/c14-9-1-3-10(4-2-9)15(13(17)18)11-5-7-12(16)8-6-11/h1-8,16H,14H2,(H,17,18). The Labute approximate surface area is 104 Å². The van der Waals surface area contributed by atoms with Gasteiger partial charge in [-0.25, -0.2) is 9.69 Å². The molecule has 0 aliphatic heterocycles. The molecule has 5 nitrogen and oxygen atoms in total. The zero-order valence-electron chi connectivity index (χ0n) is 9.45. The third-order valence-corrected chi connectivity index (χ3v) is 2.45. The van der Waals surface area contributed by atoms with Crippen LogP contribution >= 0.6 is 0 Å². The van der Waals surface area contributed by atoms with Gasteiger partial charge >= 0.3 is 6.09 Å². The summed E-state index contributed by atoms with van der Waals surface area (Å²) in [6.07, 6.45) is -1.11. The number of nitrogens with zero attached hydrogens (tertiary/aromatic N) is 1. The van der Waals surface area contributed by atoms with Crippen molar-refractivity contribution in [2.75, 3.05) is 10.6 Å². The number of rotatable bonds is 2. The maximum absolute atomic E-state index is 11.3. The number of nitrogen functional groups attached to an aromatic ring is 1. The van der Waals surface area contributed by atoms with Crippen molar-refractivity contribution in [1.29, 1.82) is 0 Å². The van der Waals surface area contributed by atoms with Gasteiger partial charge in [-0.1, -0.05) is 0 Å². The number of hydrogen-bond donors (Lipinski definition) is 3. The van der Waals surface area contributed by atoms with Crippen LogP contribution in [0, 0.1) is 0 Å². The molecular formula is C13H12N2O3. The summed E-state index contributed by atoms with van der Waals surface area (Å²) >= 11 is 0. The van der Waals surface area contributed by atoms with E-state index in [9.17, 15) is 15.0 Å². The number of phenolic OH excluding ortho intramolecular Hbond substituents is 1. The first-order valence-corrected chi connectivity index (χ1v) is 5.25. The van der Waals surface area contributed by atoms with E-state index in [4.69, 9.17) is 5.73 Å². The molecule has 0 atom stereocenters. The summed E-state index contributed by atoms with van der Waals surface area (Å²) in [5, 5.41) is 18.5. The van der Waals surface area contributed by atoms with Crippen LogP contribution in [0.4, 0.5) is 21.9 Å². The molecule has 5 heteroatoms. The summed E-state index contributed by atoms with van der Waals surface area (Å²) in [6.45, 7) is 0. The zero-order valence-corrected chi connectivity index (χ0v) is 9.45. The fraction of sp³-hybridized carbons (Fsp3) is 0. The van der Waals surface area contributed by atoms with E-state index in [0.29, 0.717) is 17.1 Å². The second-order valence-electron chi connectivity index (χ2n) is 3.73. The van der Waals surface area contributed by atoms with Crippen LogP contribution in [0.5, 0.6) is 5.75 Å². The molecule has 0 fully saturated rings. The highest BCUT2D eigenvalue weighted by Gasteiger charge is 2.16. The zero-order chi connectivity index (χ0) is 13.1. The summed E-state index contributed by atoms with van der Waals surface area (Å²) in [4.78, 5) is 12.4. The molecule has 2 aromatic rings. The smallest absolute Gasteiger partial charge is 0.416 e. The van der Waals surface area contributed by atoms with Gasteiger partial charge in [0.25, 0.3) is 0 Å². The van der Waals surface area contributed by atoms with E-state index in [2.05, 4.69) is 0 Å². The van der Waals surface area contributed by atoms with Crippen molar-refractivity contribution in [3.8, 4) is 5.75 Å². The van der Waals surface area contributed by atoms with Crippen LogP contribution < -0.4 is 10.6 Å². The van der Waals surface area contributed by atoms with E-state index < -0.39 is 6.09 Å². The molecule has 0 aliphatic rings. The van der Waals surface area contributed by atoms with Crippen molar-refractivity contribution in [2.24, 2.45) is 0 Å². The van der Waals surface area contributed by atoms with Gasteiger partial charge in [0, 0.05) is 5.69 Å². The van der Waals surface area contributed by atoms with Gasteiger partial charge in [0.1, 0.15) is 5.75 Å². The number of hydrogen-bond acceptors (Lipinski definition) is 3. The van der Waals surface area contributed by atoms with E-state index in [1.165, 1.54) is 24.3 Å². The monoisotopic (exact) mass is 244 g/mol. The van der Waals surface area contributed by atoms with Crippen LogP contribution in [0.25, 0.3) is 0 Å². The van der Waals surface area contributed by atoms with Crippen molar-refractivity contribution in [3.63, 3.8) is 0 Å². The number of carbonyl (C=O) groups is 1. The second kappa shape index (κ2) is 4.67. The third kappa shape index (κ3) is 2.35. The molecular weight excluding hydrogens is 232 g/mol. The Morgan fingerprint density at radius 3 is 1.83 bits per heavy atom. The predicted octanol–water partition coefficient (Wildman–Crippen LogP) is 2.79. The summed E-state index contributed by atoms with van der Waals surface area (Å²) in [6, 6.07) is 12.4.